The van der Waals surface area contributed by atoms with E-state index in [-0.39, 0.29) is 23.5 Å². The Hall–Kier alpha value is -1.77. The van der Waals surface area contributed by atoms with Crippen molar-refractivity contribution in [3.8, 4) is 0 Å². The van der Waals surface area contributed by atoms with Crippen LogP contribution < -0.4 is 0 Å². The number of hydrogen-bond acceptors (Lipinski definition) is 6. The van der Waals surface area contributed by atoms with Crippen molar-refractivity contribution >= 4 is 43.4 Å². The van der Waals surface area contributed by atoms with Gasteiger partial charge in [0.05, 0.1) is 21.7 Å². The van der Waals surface area contributed by atoms with Gasteiger partial charge < -0.3 is 9.80 Å². The van der Waals surface area contributed by atoms with Gasteiger partial charge in [0.25, 0.3) is 0 Å². The average molecular weight is 408 g/mol. The van der Waals surface area contributed by atoms with Crippen molar-refractivity contribution in [1.82, 2.24) is 14.8 Å². The van der Waals surface area contributed by atoms with Crippen molar-refractivity contribution in [2.75, 3.05) is 38.7 Å². The highest BCUT2D eigenvalue weighted by atomic mass is 32.2. The normalized spacial score (nSPS) is 19.3. The molecular weight excluding hydrogens is 382 g/mol. The summed E-state index contributed by atoms with van der Waals surface area (Å²) in [7, 11) is 0.932. The predicted molar refractivity (Wildman–Crippen MR) is 111 cm³/mol. The molecule has 1 unspecified atom stereocenters. The van der Waals surface area contributed by atoms with E-state index in [2.05, 4.69) is 9.88 Å². The molecule has 1 aliphatic heterocycles. The van der Waals surface area contributed by atoms with Gasteiger partial charge in [-0.3, -0.25) is 4.79 Å². The Morgan fingerprint density at radius 1 is 1.30 bits per heavy atom. The van der Waals surface area contributed by atoms with E-state index >= 15 is 0 Å². The van der Waals surface area contributed by atoms with Crippen molar-refractivity contribution in [1.29, 1.82) is 0 Å². The lowest BCUT2D eigenvalue weighted by atomic mass is 10.2. The van der Waals surface area contributed by atoms with E-state index in [1.165, 1.54) is 17.4 Å². The highest BCUT2D eigenvalue weighted by Crippen LogP contribution is 2.23. The van der Waals surface area contributed by atoms with Crippen LogP contribution in [0.5, 0.6) is 0 Å². The molecule has 2 aromatic rings. The standard InChI is InChI=1S/C19H25N3O3S2/c1-21(2)11-5-12-22(15-10-13-27(24,25)14-15)19(23)9-8-18-20-16-6-3-4-7-17(16)26-18/h3-4,6-9,15H,5,10-14H2,1-2H3/b9-8+. The first kappa shape index (κ1) is 20.0. The third-order valence-electron chi connectivity index (χ3n) is 4.62. The van der Waals surface area contributed by atoms with Gasteiger partial charge >= 0.3 is 0 Å². The van der Waals surface area contributed by atoms with Gasteiger partial charge in [-0.25, -0.2) is 13.4 Å². The Morgan fingerprint density at radius 3 is 2.74 bits per heavy atom. The van der Waals surface area contributed by atoms with Crippen LogP contribution in [-0.2, 0) is 14.6 Å². The summed E-state index contributed by atoms with van der Waals surface area (Å²) in [6.45, 7) is 1.41. The van der Waals surface area contributed by atoms with Gasteiger partial charge in [0.2, 0.25) is 5.91 Å². The summed E-state index contributed by atoms with van der Waals surface area (Å²) >= 11 is 1.53. The van der Waals surface area contributed by atoms with Gasteiger partial charge in [0.15, 0.2) is 9.84 Å². The van der Waals surface area contributed by atoms with Crippen molar-refractivity contribution in [3.63, 3.8) is 0 Å². The molecule has 0 bridgehead atoms. The number of aromatic nitrogens is 1. The first-order chi connectivity index (χ1) is 12.8. The Bertz CT molecular complexity index is 902. The maximum absolute atomic E-state index is 12.8. The lowest BCUT2D eigenvalue weighted by molar-refractivity contribution is -0.127. The van der Waals surface area contributed by atoms with Crippen LogP contribution in [0, 0.1) is 0 Å². The second kappa shape index (κ2) is 8.50. The fraction of sp³-hybridized carbons (Fsp3) is 0.474. The quantitative estimate of drug-likeness (QED) is 0.659. The Morgan fingerprint density at radius 2 is 2.07 bits per heavy atom. The maximum Gasteiger partial charge on any atom is 0.246 e. The van der Waals surface area contributed by atoms with Crippen LogP contribution in [-0.4, -0.2) is 73.8 Å². The van der Waals surface area contributed by atoms with Gasteiger partial charge in [-0.2, -0.15) is 0 Å². The smallest absolute Gasteiger partial charge is 0.246 e. The molecule has 0 N–H and O–H groups in total. The van der Waals surface area contributed by atoms with E-state index in [1.54, 1.807) is 11.0 Å². The fourth-order valence-electron chi connectivity index (χ4n) is 3.25. The molecule has 0 aliphatic carbocycles. The predicted octanol–water partition coefficient (Wildman–Crippen LogP) is 2.28. The number of carbonyl (C=O) groups is 1. The number of hydrogen-bond donors (Lipinski definition) is 0. The fourth-order valence-corrected chi connectivity index (χ4v) is 5.85. The van der Waals surface area contributed by atoms with Gasteiger partial charge in [0.1, 0.15) is 5.01 Å². The second-order valence-corrected chi connectivity index (χ2v) is 10.4. The van der Waals surface area contributed by atoms with Crippen LogP contribution in [0.15, 0.2) is 30.3 Å². The van der Waals surface area contributed by atoms with Crippen molar-refractivity contribution in [2.24, 2.45) is 0 Å². The molecule has 1 aliphatic rings. The highest BCUT2D eigenvalue weighted by molar-refractivity contribution is 7.91. The molecule has 0 radical (unpaired) electrons. The molecule has 1 amide bonds. The number of benzene rings is 1. The summed E-state index contributed by atoms with van der Waals surface area (Å²) in [6.07, 6.45) is 4.59. The Labute approximate surface area is 164 Å². The van der Waals surface area contributed by atoms with Crippen LogP contribution >= 0.6 is 11.3 Å². The SMILES string of the molecule is CN(C)CCCN(C(=O)/C=C/c1nc2ccccc2s1)C1CCS(=O)(=O)C1. The summed E-state index contributed by atoms with van der Waals surface area (Å²) in [4.78, 5) is 21.1. The summed E-state index contributed by atoms with van der Waals surface area (Å²) in [5.41, 5.74) is 0.916. The lowest BCUT2D eigenvalue weighted by Crippen LogP contribution is -2.41. The minimum atomic E-state index is -3.04. The zero-order valence-electron chi connectivity index (χ0n) is 15.7. The summed E-state index contributed by atoms with van der Waals surface area (Å²) in [6, 6.07) is 7.62. The zero-order valence-corrected chi connectivity index (χ0v) is 17.3. The average Bonchev–Trinajstić information content (AvgIpc) is 3.18. The number of fused-ring (bicyclic) bond motifs is 1. The molecule has 1 atom stereocenters. The largest absolute Gasteiger partial charge is 0.335 e. The van der Waals surface area contributed by atoms with Crippen LogP contribution in [0.2, 0.25) is 0 Å². The van der Waals surface area contributed by atoms with Crippen molar-refractivity contribution in [3.05, 3.63) is 35.3 Å². The number of sulfone groups is 1. The Balaban J connectivity index is 1.72. The second-order valence-electron chi connectivity index (χ2n) is 7.10. The highest BCUT2D eigenvalue weighted by Gasteiger charge is 2.33. The number of nitrogens with zero attached hydrogens (tertiary/aromatic N) is 3. The van der Waals surface area contributed by atoms with Gasteiger partial charge in [-0.05, 0) is 51.7 Å². The number of amides is 1. The number of carbonyl (C=O) groups excluding carboxylic acids is 1. The molecule has 1 fully saturated rings. The Kier molecular flexibility index (Phi) is 6.29. The van der Waals surface area contributed by atoms with E-state index in [4.69, 9.17) is 0 Å². The van der Waals surface area contributed by atoms with E-state index < -0.39 is 9.84 Å². The van der Waals surface area contributed by atoms with E-state index in [1.807, 2.05) is 38.4 Å². The van der Waals surface area contributed by atoms with E-state index in [9.17, 15) is 13.2 Å². The first-order valence-corrected chi connectivity index (χ1v) is 11.7. The van der Waals surface area contributed by atoms with Crippen molar-refractivity contribution in [2.45, 2.75) is 18.9 Å². The molecule has 146 valence electrons. The van der Waals surface area contributed by atoms with Crippen LogP contribution in [0.4, 0.5) is 0 Å². The molecular formula is C19H25N3O3S2. The molecule has 8 heteroatoms. The topological polar surface area (TPSA) is 70.6 Å². The molecule has 6 nitrogen and oxygen atoms in total. The van der Waals surface area contributed by atoms with Gasteiger partial charge in [-0.15, -0.1) is 11.3 Å². The van der Waals surface area contributed by atoms with Crippen molar-refractivity contribution < 1.29 is 13.2 Å². The molecule has 1 saturated heterocycles. The first-order valence-electron chi connectivity index (χ1n) is 9.03. The molecule has 0 spiro atoms. The minimum Gasteiger partial charge on any atom is -0.335 e. The van der Waals surface area contributed by atoms with Crippen LogP contribution in [0.3, 0.4) is 0 Å². The number of para-hydroxylation sites is 1. The lowest BCUT2D eigenvalue weighted by Gasteiger charge is -2.27. The molecule has 0 saturated carbocycles. The third-order valence-corrected chi connectivity index (χ3v) is 7.37. The maximum atomic E-state index is 12.8. The zero-order chi connectivity index (χ0) is 19.4. The summed E-state index contributed by atoms with van der Waals surface area (Å²) in [5.74, 6) is 0.0851. The summed E-state index contributed by atoms with van der Waals surface area (Å²) in [5, 5.41) is 0.775. The molecule has 2 heterocycles. The number of rotatable bonds is 7. The molecule has 1 aromatic carbocycles. The number of thiazole rings is 1. The molecule has 27 heavy (non-hydrogen) atoms. The monoisotopic (exact) mass is 407 g/mol. The minimum absolute atomic E-state index is 0.0652. The molecule has 3 rings (SSSR count). The van der Waals surface area contributed by atoms with Gasteiger partial charge in [0, 0.05) is 18.7 Å². The van der Waals surface area contributed by atoms with Gasteiger partial charge in [-0.1, -0.05) is 12.1 Å². The summed E-state index contributed by atoms with van der Waals surface area (Å²) < 4.78 is 24.8. The molecule has 1 aromatic heterocycles. The van der Waals surface area contributed by atoms with E-state index in [0.29, 0.717) is 13.0 Å². The van der Waals surface area contributed by atoms with Crippen LogP contribution in [0.1, 0.15) is 17.8 Å². The van der Waals surface area contributed by atoms with E-state index in [0.717, 1.165) is 28.2 Å². The van der Waals surface area contributed by atoms with Crippen LogP contribution in [0.25, 0.3) is 16.3 Å². The third kappa shape index (κ3) is 5.37.